The monoisotopic (exact) mass is 907 g/mol. The average Bonchev–Trinajstić information content (AvgIpc) is 4.17. The molecule has 4 amide bonds. The van der Waals surface area contributed by atoms with Gasteiger partial charge in [-0.3, -0.25) is 23.9 Å². The molecule has 344 valence electrons. The summed E-state index contributed by atoms with van der Waals surface area (Å²) in [5.74, 6) is -2.55. The lowest BCUT2D eigenvalue weighted by atomic mass is 9.85. The lowest BCUT2D eigenvalue weighted by Crippen LogP contribution is -2.60. The number of nitrogens with zero attached hydrogens (tertiary/aromatic N) is 2. The number of hydrogen-bond acceptors (Lipinski definition) is 11. The third kappa shape index (κ3) is 9.87. The van der Waals surface area contributed by atoms with Crippen molar-refractivity contribution in [1.82, 2.24) is 25.2 Å². The summed E-state index contributed by atoms with van der Waals surface area (Å²) < 4.78 is 45.9. The highest BCUT2D eigenvalue weighted by atomic mass is 32.2. The minimum atomic E-state index is -4.55. The number of carbonyl (C=O) groups excluding carboxylic acids is 5. The predicted molar refractivity (Wildman–Crippen MR) is 244 cm³/mol. The van der Waals surface area contributed by atoms with Crippen LogP contribution in [0.15, 0.2) is 97.6 Å². The number of likely N-dealkylation sites (tertiary alicyclic amines) is 1. The number of hydrogen-bond donors (Lipinski definition) is 3. The SMILES string of the molecule is C=CC1CC1(NC(=O)[C@@H]1C[C@@H](Oc2cc(-c3ccccc3)nc3cc(OC)ccc23)CN1C(=O)[C@@H](NC(=O)OC(C)(C)C)C(C)(C)C)C(=O)NS(=O)(=O)C1(C(=O)Cc2ccccc2)CC1. The van der Waals surface area contributed by atoms with E-state index >= 15 is 0 Å². The maximum atomic E-state index is 14.9. The van der Waals surface area contributed by atoms with Crippen LogP contribution < -0.4 is 24.8 Å². The fraction of sp³-hybridized carbons (Fsp3) is 0.429. The van der Waals surface area contributed by atoms with Gasteiger partial charge in [-0.25, -0.2) is 18.2 Å². The Balaban J connectivity index is 1.19. The molecule has 15 nitrogen and oxygen atoms in total. The first-order valence-corrected chi connectivity index (χ1v) is 23.2. The molecule has 3 fully saturated rings. The van der Waals surface area contributed by atoms with Gasteiger partial charge in [0.25, 0.3) is 5.91 Å². The standard InChI is InChI=1S/C49H57N5O10S/c1-9-32-28-49(32,44(58)53-65(60,61)48(22-23-48)40(55)24-30-16-12-10-13-17-30)52-42(56)38-26-34(29-54(38)43(57)41(46(2,3)4)51-45(59)64-47(5,6)7)63-39-27-36(31-18-14-11-15-19-31)50-37-25-33(62-8)20-21-35(37)39/h9-21,25,27,32,34,38,41H,1,22-24,26,28-29H2,2-8H3,(H,51,59)(H,52,56)(H,53,58)/t32?,34-,38+,41-,49?/m1/s1. The van der Waals surface area contributed by atoms with Crippen LogP contribution in [0.1, 0.15) is 72.8 Å². The molecule has 3 N–H and O–H groups in total. The molecule has 3 aliphatic rings. The number of ketones is 1. The second kappa shape index (κ2) is 17.6. The summed E-state index contributed by atoms with van der Waals surface area (Å²) in [6.45, 7) is 14.1. The van der Waals surface area contributed by atoms with Crippen LogP contribution in [0.2, 0.25) is 0 Å². The van der Waals surface area contributed by atoms with Crippen LogP contribution in [-0.4, -0.2) is 95.6 Å². The molecule has 2 heterocycles. The van der Waals surface area contributed by atoms with Crippen molar-refractivity contribution in [2.75, 3.05) is 13.7 Å². The van der Waals surface area contributed by atoms with Crippen LogP contribution in [0.5, 0.6) is 11.5 Å². The number of sulfonamides is 1. The summed E-state index contributed by atoms with van der Waals surface area (Å²) in [7, 11) is -2.99. The van der Waals surface area contributed by atoms with Crippen LogP contribution in [0.4, 0.5) is 4.79 Å². The number of Topliss-reactive ketones (excluding diaryl/α,β-unsaturated/α-hetero) is 1. The third-order valence-electron chi connectivity index (χ3n) is 12.2. The number of amides is 4. The van der Waals surface area contributed by atoms with Crippen molar-refractivity contribution < 1.29 is 46.6 Å². The fourth-order valence-corrected chi connectivity index (χ4v) is 9.99. The molecule has 0 bridgehead atoms. The van der Waals surface area contributed by atoms with E-state index in [1.165, 1.54) is 11.0 Å². The number of pyridine rings is 1. The van der Waals surface area contributed by atoms with Crippen LogP contribution in [0.25, 0.3) is 22.2 Å². The summed E-state index contributed by atoms with van der Waals surface area (Å²) in [6.07, 6.45) is -0.225. The third-order valence-corrected chi connectivity index (χ3v) is 14.3. The van der Waals surface area contributed by atoms with Crippen molar-refractivity contribution in [3.63, 3.8) is 0 Å². The highest BCUT2D eigenvalue weighted by Crippen LogP contribution is 2.48. The zero-order chi connectivity index (χ0) is 47.1. The molecule has 16 heteroatoms. The van der Waals surface area contributed by atoms with Crippen LogP contribution in [0.3, 0.4) is 0 Å². The molecule has 1 saturated heterocycles. The van der Waals surface area contributed by atoms with Gasteiger partial charge in [-0.05, 0) is 63.1 Å². The number of fused-ring (bicyclic) bond motifs is 1. The van der Waals surface area contributed by atoms with E-state index in [0.717, 1.165) is 5.56 Å². The number of aromatic nitrogens is 1. The molecule has 2 saturated carbocycles. The first kappa shape index (κ1) is 46.7. The van der Waals surface area contributed by atoms with Gasteiger partial charge in [-0.1, -0.05) is 87.5 Å². The van der Waals surface area contributed by atoms with E-state index in [1.54, 1.807) is 97.2 Å². The number of benzene rings is 3. The van der Waals surface area contributed by atoms with E-state index < -0.39 is 85.0 Å². The second-order valence-corrected chi connectivity index (χ2v) is 21.2. The summed E-state index contributed by atoms with van der Waals surface area (Å²) in [6, 6.07) is 23.0. The minimum absolute atomic E-state index is 0.0225. The Morgan fingerprint density at radius 3 is 2.18 bits per heavy atom. The Kier molecular flexibility index (Phi) is 12.6. The van der Waals surface area contributed by atoms with Gasteiger partial charge in [-0.2, -0.15) is 0 Å². The molecule has 0 radical (unpaired) electrons. The second-order valence-electron chi connectivity index (χ2n) is 19.2. The Morgan fingerprint density at radius 2 is 1.60 bits per heavy atom. The number of nitrogens with one attached hydrogen (secondary N) is 3. The van der Waals surface area contributed by atoms with Gasteiger partial charge < -0.3 is 29.7 Å². The molecule has 65 heavy (non-hydrogen) atoms. The zero-order valence-electron chi connectivity index (χ0n) is 37.8. The van der Waals surface area contributed by atoms with Crippen LogP contribution >= 0.6 is 0 Å². The molecule has 1 aromatic heterocycles. The molecule has 3 aromatic carbocycles. The van der Waals surface area contributed by atoms with Gasteiger partial charge in [0.15, 0.2) is 5.78 Å². The number of rotatable bonds is 15. The van der Waals surface area contributed by atoms with Gasteiger partial charge >= 0.3 is 6.09 Å². The predicted octanol–water partition coefficient (Wildman–Crippen LogP) is 6.05. The normalized spacial score (nSPS) is 21.6. The summed E-state index contributed by atoms with van der Waals surface area (Å²) in [5, 5.41) is 6.18. The van der Waals surface area contributed by atoms with E-state index in [9.17, 15) is 32.4 Å². The molecule has 0 spiro atoms. The Morgan fingerprint density at radius 1 is 0.938 bits per heavy atom. The van der Waals surface area contributed by atoms with Crippen molar-refractivity contribution >= 4 is 50.5 Å². The van der Waals surface area contributed by atoms with Gasteiger partial charge in [-0.15, -0.1) is 6.58 Å². The molecular formula is C49H57N5O10S. The number of methoxy groups -OCH3 is 1. The summed E-state index contributed by atoms with van der Waals surface area (Å²) in [4.78, 5) is 76.7. The maximum Gasteiger partial charge on any atom is 0.408 e. The molecule has 5 atom stereocenters. The van der Waals surface area contributed by atoms with Crippen molar-refractivity contribution in [3.8, 4) is 22.8 Å². The molecule has 1 aliphatic heterocycles. The summed E-state index contributed by atoms with van der Waals surface area (Å²) >= 11 is 0. The lowest BCUT2D eigenvalue weighted by molar-refractivity contribution is -0.143. The highest BCUT2D eigenvalue weighted by molar-refractivity contribution is 7.92. The van der Waals surface area contributed by atoms with E-state index in [4.69, 9.17) is 19.2 Å². The largest absolute Gasteiger partial charge is 0.497 e. The summed E-state index contributed by atoms with van der Waals surface area (Å²) in [5.41, 5.74) is -0.844. The lowest BCUT2D eigenvalue weighted by Gasteiger charge is -2.36. The van der Waals surface area contributed by atoms with Gasteiger partial charge in [0.05, 0.1) is 24.9 Å². The molecule has 2 aliphatic carbocycles. The Bertz CT molecular complexity index is 2620. The van der Waals surface area contributed by atoms with Gasteiger partial charge in [0, 0.05) is 41.8 Å². The minimum Gasteiger partial charge on any atom is -0.497 e. The van der Waals surface area contributed by atoms with Gasteiger partial charge in [0.1, 0.15) is 45.6 Å². The zero-order valence-corrected chi connectivity index (χ0v) is 38.6. The Labute approximate surface area is 379 Å². The maximum absolute atomic E-state index is 14.9. The average molecular weight is 908 g/mol. The first-order chi connectivity index (χ1) is 30.6. The van der Waals surface area contributed by atoms with Crippen LogP contribution in [-0.2, 0) is 40.4 Å². The Hall–Kier alpha value is -6.29. The van der Waals surface area contributed by atoms with Gasteiger partial charge in [0.2, 0.25) is 21.8 Å². The van der Waals surface area contributed by atoms with E-state index in [2.05, 4.69) is 21.9 Å². The van der Waals surface area contributed by atoms with Crippen LogP contribution in [0, 0.1) is 11.3 Å². The topological polar surface area (TPSA) is 199 Å². The smallest absolute Gasteiger partial charge is 0.408 e. The van der Waals surface area contributed by atoms with E-state index in [1.807, 2.05) is 36.4 Å². The van der Waals surface area contributed by atoms with E-state index in [-0.39, 0.29) is 38.6 Å². The number of carbonyl (C=O) groups is 5. The fourth-order valence-electron chi connectivity index (χ4n) is 8.35. The molecule has 7 rings (SSSR count). The molecular weight excluding hydrogens is 851 g/mol. The molecule has 2 unspecified atom stereocenters. The highest BCUT2D eigenvalue weighted by Gasteiger charge is 2.65. The quantitative estimate of drug-likeness (QED) is 0.117. The van der Waals surface area contributed by atoms with Crippen molar-refractivity contribution in [3.05, 3.63) is 103 Å². The van der Waals surface area contributed by atoms with Crippen molar-refractivity contribution in [1.29, 1.82) is 0 Å². The number of alkyl carbamates (subject to hydrolysis) is 1. The first-order valence-electron chi connectivity index (χ1n) is 21.7. The van der Waals surface area contributed by atoms with E-state index in [0.29, 0.717) is 33.7 Å². The number of ether oxygens (including phenoxy) is 3. The molecule has 4 aromatic rings. The van der Waals surface area contributed by atoms with Crippen molar-refractivity contribution in [2.24, 2.45) is 11.3 Å². The van der Waals surface area contributed by atoms with Crippen molar-refractivity contribution in [2.45, 2.75) is 108 Å².